The Kier molecular flexibility index (Phi) is 4.52. The van der Waals surface area contributed by atoms with Gasteiger partial charge in [0.2, 0.25) is 0 Å². The molecule has 17 heavy (non-hydrogen) atoms. The number of anilines is 1. The van der Waals surface area contributed by atoms with Crippen LogP contribution >= 0.6 is 12.4 Å². The van der Waals surface area contributed by atoms with Crippen LogP contribution in [0.3, 0.4) is 0 Å². The van der Waals surface area contributed by atoms with Crippen LogP contribution in [0.2, 0.25) is 0 Å². The summed E-state index contributed by atoms with van der Waals surface area (Å²) in [5.41, 5.74) is 1.88. The maximum atomic E-state index is 12.9. The van der Waals surface area contributed by atoms with E-state index in [9.17, 15) is 4.39 Å². The lowest BCUT2D eigenvalue weighted by Gasteiger charge is -2.06. The van der Waals surface area contributed by atoms with Crippen molar-refractivity contribution >= 4 is 18.2 Å². The van der Waals surface area contributed by atoms with Crippen molar-refractivity contribution in [1.29, 1.82) is 0 Å². The van der Waals surface area contributed by atoms with E-state index in [1.165, 1.54) is 12.1 Å². The topological polar surface area (TPSA) is 29.9 Å². The molecule has 5 heteroatoms. The molecule has 0 unspecified atom stereocenters. The molecule has 0 atom stereocenters. The van der Waals surface area contributed by atoms with E-state index in [0.29, 0.717) is 6.54 Å². The van der Waals surface area contributed by atoms with Crippen molar-refractivity contribution < 1.29 is 4.39 Å². The van der Waals surface area contributed by atoms with Gasteiger partial charge in [-0.1, -0.05) is 12.1 Å². The first-order valence-electron chi connectivity index (χ1n) is 5.14. The van der Waals surface area contributed by atoms with Crippen LogP contribution in [0.4, 0.5) is 10.2 Å². The molecule has 2 aromatic rings. The zero-order valence-electron chi connectivity index (χ0n) is 9.77. The summed E-state index contributed by atoms with van der Waals surface area (Å²) in [5, 5.41) is 7.43. The lowest BCUT2D eigenvalue weighted by Crippen LogP contribution is -2.04. The molecule has 0 spiro atoms. The normalized spacial score (nSPS) is 9.82. The fourth-order valence-corrected chi connectivity index (χ4v) is 1.62. The number of aromatic nitrogens is 2. The smallest absolute Gasteiger partial charge is 0.124 e. The average Bonchev–Trinajstić information content (AvgIpc) is 2.54. The van der Waals surface area contributed by atoms with Gasteiger partial charge in [-0.05, 0) is 24.6 Å². The number of aryl methyl sites for hydroxylation is 2. The Labute approximate surface area is 106 Å². The van der Waals surface area contributed by atoms with Gasteiger partial charge in [0.25, 0.3) is 0 Å². The Balaban J connectivity index is 0.00000144. The number of nitrogens with one attached hydrogen (secondary N) is 1. The van der Waals surface area contributed by atoms with Crippen LogP contribution in [0.25, 0.3) is 0 Å². The predicted octanol–water partition coefficient (Wildman–Crippen LogP) is 2.90. The van der Waals surface area contributed by atoms with E-state index in [1.807, 2.05) is 26.1 Å². The van der Waals surface area contributed by atoms with Gasteiger partial charge in [-0.25, -0.2) is 4.39 Å². The summed E-state index contributed by atoms with van der Waals surface area (Å²) in [4.78, 5) is 0. The quantitative estimate of drug-likeness (QED) is 0.914. The summed E-state index contributed by atoms with van der Waals surface area (Å²) in [6.45, 7) is 2.53. The van der Waals surface area contributed by atoms with Gasteiger partial charge in [-0.15, -0.1) is 12.4 Å². The molecule has 0 saturated heterocycles. The molecule has 92 valence electrons. The maximum absolute atomic E-state index is 12.9. The molecule has 1 heterocycles. The summed E-state index contributed by atoms with van der Waals surface area (Å²) < 4.78 is 14.7. The van der Waals surface area contributed by atoms with Gasteiger partial charge < -0.3 is 5.32 Å². The average molecular weight is 256 g/mol. The molecule has 0 bridgehead atoms. The Morgan fingerprint density at radius 1 is 1.35 bits per heavy atom. The molecule has 0 aliphatic rings. The Morgan fingerprint density at radius 2 is 2.12 bits per heavy atom. The van der Waals surface area contributed by atoms with Gasteiger partial charge in [0, 0.05) is 19.7 Å². The third-order valence-electron chi connectivity index (χ3n) is 2.36. The molecule has 0 fully saturated rings. The summed E-state index contributed by atoms with van der Waals surface area (Å²) in [6.07, 6.45) is 0. The van der Waals surface area contributed by atoms with Gasteiger partial charge in [-0.3, -0.25) is 4.68 Å². The van der Waals surface area contributed by atoms with E-state index >= 15 is 0 Å². The minimum Gasteiger partial charge on any atom is -0.366 e. The van der Waals surface area contributed by atoms with E-state index in [0.717, 1.165) is 17.1 Å². The summed E-state index contributed by atoms with van der Waals surface area (Å²) in [6, 6.07) is 8.52. The fourth-order valence-electron chi connectivity index (χ4n) is 1.62. The second-order valence-electron chi connectivity index (χ2n) is 3.78. The lowest BCUT2D eigenvalue weighted by molar-refractivity contribution is 0.626. The second-order valence-corrected chi connectivity index (χ2v) is 3.78. The number of rotatable bonds is 3. The molecule has 0 aliphatic heterocycles. The van der Waals surface area contributed by atoms with Crippen molar-refractivity contribution in [3.8, 4) is 0 Å². The number of hydrogen-bond donors (Lipinski definition) is 1. The van der Waals surface area contributed by atoms with Crippen molar-refractivity contribution in [2.75, 3.05) is 5.32 Å². The van der Waals surface area contributed by atoms with Gasteiger partial charge >= 0.3 is 0 Å². The summed E-state index contributed by atoms with van der Waals surface area (Å²) in [7, 11) is 1.88. The van der Waals surface area contributed by atoms with Crippen LogP contribution in [-0.2, 0) is 13.6 Å². The molecule has 0 saturated carbocycles. The standard InChI is InChI=1S/C12H14FN3.ClH/c1-9-6-12(16(2)15-9)14-8-10-4-3-5-11(13)7-10;/h3-7,14H,8H2,1-2H3;1H. The van der Waals surface area contributed by atoms with Crippen LogP contribution in [0, 0.1) is 12.7 Å². The van der Waals surface area contributed by atoms with E-state index < -0.39 is 0 Å². The lowest BCUT2D eigenvalue weighted by atomic mass is 10.2. The predicted molar refractivity (Wildman–Crippen MR) is 68.9 cm³/mol. The third kappa shape index (κ3) is 3.46. The molecule has 1 N–H and O–H groups in total. The van der Waals surface area contributed by atoms with Crippen molar-refractivity contribution in [3.63, 3.8) is 0 Å². The third-order valence-corrected chi connectivity index (χ3v) is 2.36. The molecule has 0 radical (unpaired) electrons. The van der Waals surface area contributed by atoms with E-state index in [2.05, 4.69) is 10.4 Å². The molecule has 1 aromatic carbocycles. The first-order valence-corrected chi connectivity index (χ1v) is 5.14. The number of hydrogen-bond acceptors (Lipinski definition) is 2. The van der Waals surface area contributed by atoms with Crippen molar-refractivity contribution in [2.45, 2.75) is 13.5 Å². The SMILES string of the molecule is Cc1cc(NCc2cccc(F)c2)n(C)n1.Cl. The summed E-state index contributed by atoms with van der Waals surface area (Å²) >= 11 is 0. The van der Waals surface area contributed by atoms with Crippen LogP contribution in [0.1, 0.15) is 11.3 Å². The highest BCUT2D eigenvalue weighted by Gasteiger charge is 2.01. The molecule has 3 nitrogen and oxygen atoms in total. The number of benzene rings is 1. The van der Waals surface area contributed by atoms with Gasteiger partial charge in [0.15, 0.2) is 0 Å². The highest BCUT2D eigenvalue weighted by molar-refractivity contribution is 5.85. The molecule has 1 aromatic heterocycles. The van der Waals surface area contributed by atoms with Gasteiger partial charge in [0.05, 0.1) is 5.69 Å². The molecular weight excluding hydrogens is 241 g/mol. The largest absolute Gasteiger partial charge is 0.366 e. The van der Waals surface area contributed by atoms with Crippen LogP contribution in [0.15, 0.2) is 30.3 Å². The second kappa shape index (κ2) is 5.68. The Morgan fingerprint density at radius 3 is 2.71 bits per heavy atom. The maximum Gasteiger partial charge on any atom is 0.124 e. The molecule has 0 amide bonds. The number of nitrogens with zero attached hydrogens (tertiary/aromatic N) is 2. The van der Waals surface area contributed by atoms with Crippen molar-refractivity contribution in [2.24, 2.45) is 7.05 Å². The minimum atomic E-state index is -0.208. The fraction of sp³-hybridized carbons (Fsp3) is 0.250. The van der Waals surface area contributed by atoms with Gasteiger partial charge in [0.1, 0.15) is 11.6 Å². The molecule has 2 rings (SSSR count). The van der Waals surface area contributed by atoms with Crippen LogP contribution < -0.4 is 5.32 Å². The van der Waals surface area contributed by atoms with Crippen LogP contribution in [-0.4, -0.2) is 9.78 Å². The molecular formula is C12H15ClFN3. The summed E-state index contributed by atoms with van der Waals surface area (Å²) in [5.74, 6) is 0.724. The first kappa shape index (κ1) is 13.5. The minimum absolute atomic E-state index is 0. The van der Waals surface area contributed by atoms with Crippen LogP contribution in [0.5, 0.6) is 0 Å². The first-order chi connectivity index (χ1) is 7.65. The highest BCUT2D eigenvalue weighted by Crippen LogP contribution is 2.10. The number of halogens is 2. The van der Waals surface area contributed by atoms with E-state index in [4.69, 9.17) is 0 Å². The monoisotopic (exact) mass is 255 g/mol. The van der Waals surface area contributed by atoms with Crippen molar-refractivity contribution in [3.05, 3.63) is 47.4 Å². The highest BCUT2D eigenvalue weighted by atomic mass is 35.5. The van der Waals surface area contributed by atoms with Crippen molar-refractivity contribution in [1.82, 2.24) is 9.78 Å². The van der Waals surface area contributed by atoms with Gasteiger partial charge in [-0.2, -0.15) is 5.10 Å². The Hall–Kier alpha value is -1.55. The zero-order chi connectivity index (χ0) is 11.5. The zero-order valence-corrected chi connectivity index (χ0v) is 10.6. The Bertz CT molecular complexity index is 496. The van der Waals surface area contributed by atoms with E-state index in [1.54, 1.807) is 10.7 Å². The van der Waals surface area contributed by atoms with E-state index in [-0.39, 0.29) is 18.2 Å². The molecule has 0 aliphatic carbocycles.